The van der Waals surface area contributed by atoms with E-state index >= 15 is 0 Å². The van der Waals surface area contributed by atoms with Crippen LogP contribution in [0.25, 0.3) is 0 Å². The highest BCUT2D eigenvalue weighted by molar-refractivity contribution is 5.94. The van der Waals surface area contributed by atoms with E-state index in [-0.39, 0.29) is 6.54 Å². The van der Waals surface area contributed by atoms with Crippen LogP contribution in [0.4, 0.5) is 4.39 Å². The first-order valence-corrected chi connectivity index (χ1v) is 6.43. The van der Waals surface area contributed by atoms with E-state index in [1.165, 1.54) is 18.2 Å². The fourth-order valence-electron chi connectivity index (χ4n) is 1.72. The standard InChI is InChI=1S/C17H14FNO2/c18-15-8-4-7-14(11-15)16(20)12-19-17(21)10-9-13-5-2-1-3-6-13/h1-8,11,16,20H,12H2,(H,19,21)/t16-/m1/s1. The van der Waals surface area contributed by atoms with Crippen molar-refractivity contribution in [3.8, 4) is 11.8 Å². The van der Waals surface area contributed by atoms with Gasteiger partial charge in [-0.2, -0.15) is 0 Å². The van der Waals surface area contributed by atoms with Gasteiger partial charge in [-0.1, -0.05) is 36.3 Å². The molecular formula is C17H14FNO2. The maximum absolute atomic E-state index is 13.0. The molecule has 21 heavy (non-hydrogen) atoms. The molecule has 1 amide bonds. The largest absolute Gasteiger partial charge is 0.387 e. The molecule has 0 spiro atoms. The van der Waals surface area contributed by atoms with E-state index in [9.17, 15) is 14.3 Å². The Bertz CT molecular complexity index is 674. The van der Waals surface area contributed by atoms with Crippen molar-refractivity contribution in [1.82, 2.24) is 5.32 Å². The topological polar surface area (TPSA) is 49.3 Å². The molecule has 1 atom stereocenters. The number of aliphatic hydroxyl groups excluding tert-OH is 1. The fourth-order valence-corrected chi connectivity index (χ4v) is 1.72. The Morgan fingerprint density at radius 1 is 1.19 bits per heavy atom. The summed E-state index contributed by atoms with van der Waals surface area (Å²) in [4.78, 5) is 11.5. The van der Waals surface area contributed by atoms with Crippen molar-refractivity contribution in [3.63, 3.8) is 0 Å². The predicted molar refractivity (Wildman–Crippen MR) is 77.7 cm³/mol. The molecule has 2 N–H and O–H groups in total. The van der Waals surface area contributed by atoms with E-state index in [0.29, 0.717) is 5.56 Å². The molecule has 2 aromatic carbocycles. The number of nitrogens with one attached hydrogen (secondary N) is 1. The van der Waals surface area contributed by atoms with Gasteiger partial charge in [-0.05, 0) is 29.8 Å². The molecule has 3 nitrogen and oxygen atoms in total. The van der Waals surface area contributed by atoms with Crippen molar-refractivity contribution in [1.29, 1.82) is 0 Å². The van der Waals surface area contributed by atoms with Crippen molar-refractivity contribution < 1.29 is 14.3 Å². The van der Waals surface area contributed by atoms with E-state index < -0.39 is 17.8 Å². The Morgan fingerprint density at radius 2 is 1.95 bits per heavy atom. The summed E-state index contributed by atoms with van der Waals surface area (Å²) in [6.45, 7) is -0.0221. The Balaban J connectivity index is 1.88. The number of hydrogen-bond donors (Lipinski definition) is 2. The summed E-state index contributed by atoms with van der Waals surface area (Å²) in [7, 11) is 0. The predicted octanol–water partition coefficient (Wildman–Crippen LogP) is 2.03. The third-order valence-electron chi connectivity index (χ3n) is 2.78. The average molecular weight is 283 g/mol. The second-order valence-corrected chi connectivity index (χ2v) is 4.40. The van der Waals surface area contributed by atoms with Crippen LogP contribution in [0.3, 0.4) is 0 Å². The van der Waals surface area contributed by atoms with Crippen molar-refractivity contribution in [2.45, 2.75) is 6.10 Å². The molecule has 0 aromatic heterocycles. The molecule has 0 radical (unpaired) electrons. The summed E-state index contributed by atoms with van der Waals surface area (Å²) in [5, 5.41) is 12.3. The van der Waals surface area contributed by atoms with E-state index in [1.54, 1.807) is 18.2 Å². The maximum atomic E-state index is 13.0. The molecule has 4 heteroatoms. The average Bonchev–Trinajstić information content (AvgIpc) is 2.51. The van der Waals surface area contributed by atoms with Crippen LogP contribution in [-0.2, 0) is 4.79 Å². The van der Waals surface area contributed by atoms with Crippen LogP contribution in [0.1, 0.15) is 17.2 Å². The van der Waals surface area contributed by atoms with Crippen molar-refractivity contribution in [3.05, 3.63) is 71.5 Å². The highest BCUT2D eigenvalue weighted by atomic mass is 19.1. The van der Waals surface area contributed by atoms with E-state index in [4.69, 9.17) is 0 Å². The molecule has 2 aromatic rings. The number of benzene rings is 2. The third-order valence-corrected chi connectivity index (χ3v) is 2.78. The lowest BCUT2D eigenvalue weighted by molar-refractivity contribution is -0.116. The lowest BCUT2D eigenvalue weighted by Gasteiger charge is -2.10. The molecule has 0 aliphatic heterocycles. The lowest BCUT2D eigenvalue weighted by Crippen LogP contribution is -2.27. The fraction of sp³-hybridized carbons (Fsp3) is 0.118. The number of aliphatic hydroxyl groups is 1. The Morgan fingerprint density at radius 3 is 2.67 bits per heavy atom. The number of carbonyl (C=O) groups is 1. The van der Waals surface area contributed by atoms with Gasteiger partial charge in [0.1, 0.15) is 5.82 Å². The zero-order valence-electron chi connectivity index (χ0n) is 11.2. The minimum Gasteiger partial charge on any atom is -0.387 e. The van der Waals surface area contributed by atoms with Crippen LogP contribution in [0.2, 0.25) is 0 Å². The minimum atomic E-state index is -0.969. The van der Waals surface area contributed by atoms with Crippen LogP contribution in [-0.4, -0.2) is 17.6 Å². The van der Waals surface area contributed by atoms with E-state index in [1.807, 2.05) is 18.2 Å². The number of halogens is 1. The summed E-state index contributed by atoms with van der Waals surface area (Å²) < 4.78 is 13.0. The van der Waals surface area contributed by atoms with Gasteiger partial charge in [-0.15, -0.1) is 0 Å². The molecule has 0 aliphatic rings. The normalized spacial score (nSPS) is 11.1. The first kappa shape index (κ1) is 14.8. The summed E-state index contributed by atoms with van der Waals surface area (Å²) in [5.41, 5.74) is 1.14. The van der Waals surface area contributed by atoms with Crippen molar-refractivity contribution in [2.75, 3.05) is 6.54 Å². The van der Waals surface area contributed by atoms with Gasteiger partial charge in [0.25, 0.3) is 5.91 Å². The maximum Gasteiger partial charge on any atom is 0.296 e. The van der Waals surface area contributed by atoms with Gasteiger partial charge >= 0.3 is 0 Å². The van der Waals surface area contributed by atoms with Gasteiger partial charge in [0.05, 0.1) is 6.10 Å². The summed E-state index contributed by atoms with van der Waals surface area (Å²) >= 11 is 0. The number of amides is 1. The summed E-state index contributed by atoms with van der Waals surface area (Å²) in [6.07, 6.45) is -0.969. The highest BCUT2D eigenvalue weighted by Crippen LogP contribution is 2.12. The second kappa shape index (κ2) is 7.22. The van der Waals surface area contributed by atoms with Crippen LogP contribution in [0.15, 0.2) is 54.6 Å². The zero-order chi connectivity index (χ0) is 15.1. The quantitative estimate of drug-likeness (QED) is 0.847. The number of hydrogen-bond acceptors (Lipinski definition) is 2. The molecule has 0 fully saturated rings. The van der Waals surface area contributed by atoms with Gasteiger partial charge in [0.2, 0.25) is 0 Å². The van der Waals surface area contributed by atoms with Gasteiger partial charge in [0, 0.05) is 18.0 Å². The second-order valence-electron chi connectivity index (χ2n) is 4.40. The Kier molecular flexibility index (Phi) is 5.08. The molecule has 0 heterocycles. The molecule has 0 unspecified atom stereocenters. The number of rotatable bonds is 3. The minimum absolute atomic E-state index is 0.0221. The van der Waals surface area contributed by atoms with Gasteiger partial charge in [0.15, 0.2) is 0 Å². The zero-order valence-corrected chi connectivity index (χ0v) is 11.2. The van der Waals surface area contributed by atoms with E-state index in [0.717, 1.165) is 5.56 Å². The molecule has 0 bridgehead atoms. The van der Waals surface area contributed by atoms with Crippen LogP contribution >= 0.6 is 0 Å². The molecule has 0 saturated heterocycles. The van der Waals surface area contributed by atoms with Gasteiger partial charge < -0.3 is 10.4 Å². The molecule has 2 rings (SSSR count). The molecule has 0 aliphatic carbocycles. The summed E-state index contributed by atoms with van der Waals surface area (Å²) in [5.74, 6) is 4.22. The lowest BCUT2D eigenvalue weighted by atomic mass is 10.1. The molecule has 0 saturated carbocycles. The van der Waals surface area contributed by atoms with Crippen LogP contribution < -0.4 is 5.32 Å². The van der Waals surface area contributed by atoms with Gasteiger partial charge in [-0.3, -0.25) is 4.79 Å². The Hall–Kier alpha value is -2.64. The van der Waals surface area contributed by atoms with Gasteiger partial charge in [-0.25, -0.2) is 4.39 Å². The Labute approximate surface area is 122 Å². The van der Waals surface area contributed by atoms with Crippen molar-refractivity contribution >= 4 is 5.91 Å². The smallest absolute Gasteiger partial charge is 0.296 e. The SMILES string of the molecule is O=C(C#Cc1ccccc1)NC[C@@H](O)c1cccc(F)c1. The van der Waals surface area contributed by atoms with E-state index in [2.05, 4.69) is 17.2 Å². The molecular weight excluding hydrogens is 269 g/mol. The molecule has 106 valence electrons. The van der Waals surface area contributed by atoms with Crippen LogP contribution in [0, 0.1) is 17.7 Å². The first-order valence-electron chi connectivity index (χ1n) is 6.43. The van der Waals surface area contributed by atoms with Crippen molar-refractivity contribution in [2.24, 2.45) is 0 Å². The van der Waals surface area contributed by atoms with Crippen LogP contribution in [0.5, 0.6) is 0 Å². The first-order chi connectivity index (χ1) is 10.1. The highest BCUT2D eigenvalue weighted by Gasteiger charge is 2.09. The monoisotopic (exact) mass is 283 g/mol. The third kappa shape index (κ3) is 4.75. The number of carbonyl (C=O) groups excluding carboxylic acids is 1. The summed E-state index contributed by atoms with van der Waals surface area (Å²) in [6, 6.07) is 14.7.